The summed E-state index contributed by atoms with van der Waals surface area (Å²) in [7, 11) is 2.24. The van der Waals surface area contributed by atoms with Crippen molar-refractivity contribution >= 4 is 33.5 Å². The van der Waals surface area contributed by atoms with Gasteiger partial charge in [0.05, 0.1) is 11.0 Å². The Morgan fingerprint density at radius 3 is 3.00 bits per heavy atom. The molecule has 0 radical (unpaired) electrons. The number of nitrogens with one attached hydrogen (secondary N) is 1. The highest BCUT2D eigenvalue weighted by atomic mass is 35.5. The third kappa shape index (κ3) is 2.61. The zero-order valence-corrected chi connectivity index (χ0v) is 15.5. The summed E-state index contributed by atoms with van der Waals surface area (Å²) >= 11 is 6.09. The van der Waals surface area contributed by atoms with Crippen molar-refractivity contribution in [2.45, 2.75) is 25.3 Å². The molecule has 0 saturated carbocycles. The van der Waals surface area contributed by atoms with Crippen LogP contribution < -0.4 is 0 Å². The maximum Gasteiger partial charge on any atom is 0.100 e. The summed E-state index contributed by atoms with van der Waals surface area (Å²) in [6, 6.07) is 13.1. The molecule has 1 aliphatic heterocycles. The van der Waals surface area contributed by atoms with Crippen molar-refractivity contribution in [3.05, 3.63) is 59.5 Å². The third-order valence-corrected chi connectivity index (χ3v) is 5.90. The number of nitrogens with zero attached hydrogens (tertiary/aromatic N) is 3. The SMILES string of the molecule is CN1CCCC1Cc1c[nH]c2ccc(-n3cnc4cc(Cl)ccc43)cc12. The van der Waals surface area contributed by atoms with Gasteiger partial charge in [0.2, 0.25) is 0 Å². The maximum absolute atomic E-state index is 6.09. The van der Waals surface area contributed by atoms with Crippen LogP contribution in [0.25, 0.3) is 27.6 Å². The molecule has 0 amide bonds. The smallest absolute Gasteiger partial charge is 0.100 e. The minimum atomic E-state index is 0.647. The maximum atomic E-state index is 6.09. The van der Waals surface area contributed by atoms with Crippen LogP contribution in [0.2, 0.25) is 5.02 Å². The van der Waals surface area contributed by atoms with Gasteiger partial charge in [0.15, 0.2) is 0 Å². The van der Waals surface area contributed by atoms with Crippen molar-refractivity contribution in [1.82, 2.24) is 19.4 Å². The zero-order chi connectivity index (χ0) is 17.7. The molecule has 2 aromatic heterocycles. The molecular weight excluding hydrogens is 344 g/mol. The lowest BCUT2D eigenvalue weighted by Gasteiger charge is -2.18. The first-order valence-corrected chi connectivity index (χ1v) is 9.50. The molecule has 5 rings (SSSR count). The average molecular weight is 365 g/mol. The van der Waals surface area contributed by atoms with Gasteiger partial charge in [-0.15, -0.1) is 0 Å². The average Bonchev–Trinajstić information content (AvgIpc) is 3.34. The first kappa shape index (κ1) is 15.9. The zero-order valence-electron chi connectivity index (χ0n) is 14.7. The van der Waals surface area contributed by atoms with Gasteiger partial charge in [0, 0.05) is 33.9 Å². The van der Waals surface area contributed by atoms with E-state index in [9.17, 15) is 0 Å². The van der Waals surface area contributed by atoms with Gasteiger partial charge in [-0.3, -0.25) is 4.57 Å². The number of hydrogen-bond donors (Lipinski definition) is 1. The minimum absolute atomic E-state index is 0.647. The Labute approximate surface area is 157 Å². The van der Waals surface area contributed by atoms with E-state index in [1.54, 1.807) is 0 Å². The summed E-state index contributed by atoms with van der Waals surface area (Å²) in [5.74, 6) is 0. The number of aromatic nitrogens is 3. The lowest BCUT2D eigenvalue weighted by Crippen LogP contribution is -2.26. The summed E-state index contributed by atoms with van der Waals surface area (Å²) in [5, 5.41) is 2.02. The van der Waals surface area contributed by atoms with Gasteiger partial charge in [-0.2, -0.15) is 0 Å². The fourth-order valence-electron chi connectivity index (χ4n) is 4.17. The number of halogens is 1. The Kier molecular flexibility index (Phi) is 3.76. The number of rotatable bonds is 3. The topological polar surface area (TPSA) is 36.9 Å². The van der Waals surface area contributed by atoms with Gasteiger partial charge in [-0.25, -0.2) is 4.98 Å². The standard InChI is InChI=1S/C21H21ClN4/c1-25-8-2-3-16(25)9-14-12-23-19-6-5-17(11-18(14)19)26-13-24-20-10-15(22)4-7-21(20)26/h4-7,10-13,16,23H,2-3,8-9H2,1H3. The highest BCUT2D eigenvalue weighted by molar-refractivity contribution is 6.31. The van der Waals surface area contributed by atoms with Crippen LogP contribution in [-0.4, -0.2) is 39.1 Å². The molecule has 5 heteroatoms. The van der Waals surface area contributed by atoms with Crippen LogP contribution in [0.5, 0.6) is 0 Å². The van der Waals surface area contributed by atoms with Crippen LogP contribution in [0.4, 0.5) is 0 Å². The first-order chi connectivity index (χ1) is 12.7. The summed E-state index contributed by atoms with van der Waals surface area (Å²) in [6.45, 7) is 1.21. The molecule has 1 unspecified atom stereocenters. The van der Waals surface area contributed by atoms with Crippen molar-refractivity contribution in [2.75, 3.05) is 13.6 Å². The third-order valence-electron chi connectivity index (χ3n) is 5.67. The Morgan fingerprint density at radius 1 is 1.23 bits per heavy atom. The fourth-order valence-corrected chi connectivity index (χ4v) is 4.33. The molecule has 0 spiro atoms. The molecule has 26 heavy (non-hydrogen) atoms. The first-order valence-electron chi connectivity index (χ1n) is 9.12. The highest BCUT2D eigenvalue weighted by Gasteiger charge is 2.22. The van der Waals surface area contributed by atoms with Gasteiger partial charge >= 0.3 is 0 Å². The molecule has 4 nitrogen and oxygen atoms in total. The summed E-state index contributed by atoms with van der Waals surface area (Å²) in [4.78, 5) is 10.4. The van der Waals surface area contributed by atoms with Gasteiger partial charge < -0.3 is 9.88 Å². The molecule has 1 fully saturated rings. The lowest BCUT2D eigenvalue weighted by atomic mass is 10.0. The lowest BCUT2D eigenvalue weighted by molar-refractivity contribution is 0.310. The quantitative estimate of drug-likeness (QED) is 0.567. The van der Waals surface area contributed by atoms with E-state index in [4.69, 9.17) is 11.6 Å². The Balaban J connectivity index is 1.57. The number of aromatic amines is 1. The summed E-state index contributed by atoms with van der Waals surface area (Å²) in [6.07, 6.45) is 7.74. The Morgan fingerprint density at radius 2 is 2.15 bits per heavy atom. The van der Waals surface area contributed by atoms with Crippen molar-refractivity contribution in [3.63, 3.8) is 0 Å². The molecular formula is C21H21ClN4. The van der Waals surface area contributed by atoms with E-state index in [-0.39, 0.29) is 0 Å². The molecule has 132 valence electrons. The van der Waals surface area contributed by atoms with Gasteiger partial charge in [-0.1, -0.05) is 11.6 Å². The van der Waals surface area contributed by atoms with Crippen molar-refractivity contribution in [3.8, 4) is 5.69 Å². The van der Waals surface area contributed by atoms with E-state index in [0.29, 0.717) is 11.1 Å². The molecule has 3 heterocycles. The molecule has 0 bridgehead atoms. The molecule has 1 atom stereocenters. The molecule has 4 aromatic rings. The largest absolute Gasteiger partial charge is 0.361 e. The van der Waals surface area contributed by atoms with Gasteiger partial charge in [0.1, 0.15) is 6.33 Å². The number of H-pyrrole nitrogens is 1. The monoisotopic (exact) mass is 364 g/mol. The van der Waals surface area contributed by atoms with Crippen molar-refractivity contribution in [2.24, 2.45) is 0 Å². The number of likely N-dealkylation sites (tertiary alicyclic amines) is 1. The number of likely N-dealkylation sites (N-methyl/N-ethyl adjacent to an activating group) is 1. The molecule has 1 saturated heterocycles. The molecule has 1 N–H and O–H groups in total. The van der Waals surface area contributed by atoms with Crippen LogP contribution in [0, 0.1) is 0 Å². The minimum Gasteiger partial charge on any atom is -0.361 e. The van der Waals surface area contributed by atoms with Gasteiger partial charge in [0.25, 0.3) is 0 Å². The van der Waals surface area contributed by atoms with Crippen molar-refractivity contribution < 1.29 is 0 Å². The molecule has 0 aliphatic carbocycles. The van der Waals surface area contributed by atoms with E-state index < -0.39 is 0 Å². The van der Waals surface area contributed by atoms with E-state index in [0.717, 1.165) is 23.1 Å². The number of hydrogen-bond acceptors (Lipinski definition) is 2. The van der Waals surface area contributed by atoms with Crippen LogP contribution in [0.1, 0.15) is 18.4 Å². The number of imidazole rings is 1. The van der Waals surface area contributed by atoms with Gasteiger partial charge in [-0.05, 0) is 74.8 Å². The van der Waals surface area contributed by atoms with E-state index in [1.807, 2.05) is 24.5 Å². The predicted molar refractivity (Wildman–Crippen MR) is 107 cm³/mol. The second kappa shape index (κ2) is 6.15. The molecule has 1 aliphatic rings. The highest BCUT2D eigenvalue weighted by Crippen LogP contribution is 2.28. The van der Waals surface area contributed by atoms with Crippen LogP contribution in [0.15, 0.2) is 48.9 Å². The Hall–Kier alpha value is -2.30. The second-order valence-electron chi connectivity index (χ2n) is 7.27. The fraction of sp³-hybridized carbons (Fsp3) is 0.286. The van der Waals surface area contributed by atoms with E-state index >= 15 is 0 Å². The van der Waals surface area contributed by atoms with Crippen molar-refractivity contribution in [1.29, 1.82) is 0 Å². The Bertz CT molecular complexity index is 1090. The second-order valence-corrected chi connectivity index (χ2v) is 7.71. The molecule has 2 aromatic carbocycles. The normalized spacial score (nSPS) is 18.3. The number of fused-ring (bicyclic) bond motifs is 2. The van der Waals surface area contributed by atoms with Crippen LogP contribution in [-0.2, 0) is 6.42 Å². The number of benzene rings is 2. The predicted octanol–water partition coefficient (Wildman–Crippen LogP) is 4.80. The summed E-state index contributed by atoms with van der Waals surface area (Å²) in [5.41, 5.74) is 5.70. The van der Waals surface area contributed by atoms with Crippen LogP contribution in [0.3, 0.4) is 0 Å². The summed E-state index contributed by atoms with van der Waals surface area (Å²) < 4.78 is 2.13. The van der Waals surface area contributed by atoms with E-state index in [1.165, 1.54) is 35.9 Å². The van der Waals surface area contributed by atoms with Crippen LogP contribution >= 0.6 is 11.6 Å². The van der Waals surface area contributed by atoms with E-state index in [2.05, 4.69) is 50.9 Å².